The van der Waals surface area contributed by atoms with E-state index in [0.717, 1.165) is 28.3 Å². The normalized spacial score (nSPS) is 11.8. The summed E-state index contributed by atoms with van der Waals surface area (Å²) in [5.41, 5.74) is 7.98. The summed E-state index contributed by atoms with van der Waals surface area (Å²) >= 11 is 0. The van der Waals surface area contributed by atoms with Crippen molar-refractivity contribution in [3.8, 4) is 22.8 Å². The Morgan fingerprint density at radius 2 is 1.07 bits per heavy atom. The van der Waals surface area contributed by atoms with Gasteiger partial charge in [0.15, 0.2) is 0 Å². The van der Waals surface area contributed by atoms with E-state index in [1.54, 1.807) is 0 Å². The quantitative estimate of drug-likeness (QED) is 0.221. The van der Waals surface area contributed by atoms with Gasteiger partial charge in [-0.2, -0.15) is 0 Å². The summed E-state index contributed by atoms with van der Waals surface area (Å²) in [4.78, 5) is 5.34. The summed E-state index contributed by atoms with van der Waals surface area (Å²) in [5.74, 6) is 0.913. The van der Waals surface area contributed by atoms with Crippen molar-refractivity contribution >= 4 is 54.4 Å². The Labute approximate surface area is 242 Å². The molecule has 0 saturated carbocycles. The van der Waals surface area contributed by atoms with Crippen LogP contribution < -0.4 is 0 Å². The van der Waals surface area contributed by atoms with Crippen LogP contribution in [-0.2, 0) is 0 Å². The highest BCUT2D eigenvalue weighted by molar-refractivity contribution is 6.26. The number of rotatable bonds is 3. The minimum absolute atomic E-state index is 0.913. The second-order valence-corrected chi connectivity index (χ2v) is 10.8. The molecule has 0 bridgehead atoms. The molecule has 0 fully saturated rings. The number of nitrogens with zero attached hydrogens (tertiary/aromatic N) is 3. The maximum Gasteiger partial charge on any atom is 0.138 e. The zero-order chi connectivity index (χ0) is 27.6. The van der Waals surface area contributed by atoms with Crippen LogP contribution in [0.2, 0.25) is 0 Å². The molecule has 3 heterocycles. The lowest BCUT2D eigenvalue weighted by molar-refractivity contribution is 1.09. The minimum Gasteiger partial charge on any atom is -0.309 e. The Bertz CT molecular complexity index is 2460. The van der Waals surface area contributed by atoms with Crippen molar-refractivity contribution < 1.29 is 0 Å². The Kier molecular flexibility index (Phi) is 4.90. The summed E-state index contributed by atoms with van der Waals surface area (Å²) in [6.45, 7) is 0. The number of hydrogen-bond acceptors (Lipinski definition) is 1. The van der Waals surface area contributed by atoms with E-state index in [-0.39, 0.29) is 0 Å². The molecule has 0 N–H and O–H groups in total. The third-order valence-corrected chi connectivity index (χ3v) is 8.51. The lowest BCUT2D eigenvalue weighted by Crippen LogP contribution is -1.99. The Hall–Kier alpha value is -5.67. The fraction of sp³-hybridized carbons (Fsp3) is 0. The molecule has 0 saturated heterocycles. The molecule has 3 nitrogen and oxygen atoms in total. The Balaban J connectivity index is 1.42. The summed E-state index contributed by atoms with van der Waals surface area (Å²) in [6.07, 6.45) is 0. The molecule has 0 atom stereocenters. The lowest BCUT2D eigenvalue weighted by atomic mass is 10.0. The van der Waals surface area contributed by atoms with E-state index < -0.39 is 0 Å². The molecule has 9 rings (SSSR count). The van der Waals surface area contributed by atoms with Crippen molar-refractivity contribution in [2.75, 3.05) is 0 Å². The molecule has 0 amide bonds. The number of fused-ring (bicyclic) bond motifs is 8. The predicted molar refractivity (Wildman–Crippen MR) is 176 cm³/mol. The van der Waals surface area contributed by atoms with E-state index in [0.29, 0.717) is 0 Å². The van der Waals surface area contributed by atoms with Gasteiger partial charge in [0.1, 0.15) is 5.82 Å². The first kappa shape index (κ1) is 23.1. The lowest BCUT2D eigenvalue weighted by Gasteiger charge is -2.12. The van der Waals surface area contributed by atoms with E-state index in [2.05, 4.69) is 161 Å². The van der Waals surface area contributed by atoms with Crippen molar-refractivity contribution in [3.63, 3.8) is 0 Å². The van der Waals surface area contributed by atoms with Gasteiger partial charge in [0.25, 0.3) is 0 Å². The van der Waals surface area contributed by atoms with Gasteiger partial charge in [0.2, 0.25) is 0 Å². The van der Waals surface area contributed by atoms with Crippen LogP contribution in [0.4, 0.5) is 0 Å². The molecule has 0 aliphatic heterocycles. The van der Waals surface area contributed by atoms with Crippen LogP contribution in [0.1, 0.15) is 0 Å². The molecule has 6 aromatic carbocycles. The topological polar surface area (TPSA) is 22.8 Å². The number of benzene rings is 6. The van der Waals surface area contributed by atoms with Crippen LogP contribution in [0.15, 0.2) is 152 Å². The zero-order valence-corrected chi connectivity index (χ0v) is 22.8. The predicted octanol–water partition coefficient (Wildman–Crippen LogP) is 10.1. The maximum atomic E-state index is 5.34. The molecule has 3 heteroatoms. The molecule has 196 valence electrons. The number of para-hydroxylation sites is 3. The molecule has 0 aliphatic rings. The van der Waals surface area contributed by atoms with E-state index in [1.165, 1.54) is 48.9 Å². The van der Waals surface area contributed by atoms with E-state index in [4.69, 9.17) is 4.98 Å². The van der Waals surface area contributed by atoms with Crippen molar-refractivity contribution in [1.82, 2.24) is 14.1 Å². The van der Waals surface area contributed by atoms with Gasteiger partial charge in [-0.25, -0.2) is 4.98 Å². The van der Waals surface area contributed by atoms with E-state index in [1.807, 2.05) is 0 Å². The average molecular weight is 536 g/mol. The van der Waals surface area contributed by atoms with Crippen LogP contribution in [0.3, 0.4) is 0 Å². The number of hydrogen-bond donors (Lipinski definition) is 0. The fourth-order valence-electron chi connectivity index (χ4n) is 6.75. The van der Waals surface area contributed by atoms with Gasteiger partial charge >= 0.3 is 0 Å². The minimum atomic E-state index is 0.913. The van der Waals surface area contributed by atoms with Crippen LogP contribution in [0.5, 0.6) is 0 Å². The largest absolute Gasteiger partial charge is 0.309 e. The van der Waals surface area contributed by atoms with Crippen molar-refractivity contribution in [3.05, 3.63) is 152 Å². The smallest absolute Gasteiger partial charge is 0.138 e. The highest BCUT2D eigenvalue weighted by Gasteiger charge is 2.21. The van der Waals surface area contributed by atoms with Crippen LogP contribution in [0.25, 0.3) is 77.1 Å². The van der Waals surface area contributed by atoms with Gasteiger partial charge in [-0.3, -0.25) is 4.57 Å². The van der Waals surface area contributed by atoms with Crippen molar-refractivity contribution in [2.24, 2.45) is 0 Å². The summed E-state index contributed by atoms with van der Waals surface area (Å²) < 4.78 is 4.75. The van der Waals surface area contributed by atoms with Crippen LogP contribution in [-0.4, -0.2) is 14.1 Å². The van der Waals surface area contributed by atoms with Gasteiger partial charge in [-0.05, 0) is 53.2 Å². The maximum absolute atomic E-state index is 5.34. The zero-order valence-electron chi connectivity index (χ0n) is 22.8. The molecule has 0 radical (unpaired) electrons. The fourth-order valence-corrected chi connectivity index (χ4v) is 6.75. The molecule has 9 aromatic rings. The molecular weight excluding hydrogens is 510 g/mol. The highest BCUT2D eigenvalue weighted by atomic mass is 15.1. The SMILES string of the molecule is c1ccc(-n2c3ccccc3c3c2ccc2c4ccccc4n(-c4cccc(-c5cccc6ccccc56)n4)c23)cc1. The van der Waals surface area contributed by atoms with Crippen molar-refractivity contribution in [2.45, 2.75) is 0 Å². The van der Waals surface area contributed by atoms with E-state index >= 15 is 0 Å². The second-order valence-electron chi connectivity index (χ2n) is 10.8. The van der Waals surface area contributed by atoms with Gasteiger partial charge < -0.3 is 4.57 Å². The molecule has 0 unspecified atom stereocenters. The first-order valence-corrected chi connectivity index (χ1v) is 14.3. The molecule has 3 aromatic heterocycles. The number of aromatic nitrogens is 3. The highest BCUT2D eigenvalue weighted by Crippen LogP contribution is 2.42. The molecule has 0 spiro atoms. The Morgan fingerprint density at radius 3 is 1.93 bits per heavy atom. The Morgan fingerprint density at radius 1 is 0.405 bits per heavy atom. The first-order valence-electron chi connectivity index (χ1n) is 14.3. The van der Waals surface area contributed by atoms with Crippen molar-refractivity contribution in [1.29, 1.82) is 0 Å². The monoisotopic (exact) mass is 535 g/mol. The van der Waals surface area contributed by atoms with Crippen LogP contribution >= 0.6 is 0 Å². The first-order chi connectivity index (χ1) is 20.9. The van der Waals surface area contributed by atoms with Crippen LogP contribution in [0, 0.1) is 0 Å². The third-order valence-electron chi connectivity index (χ3n) is 8.51. The second kappa shape index (κ2) is 8.92. The van der Waals surface area contributed by atoms with Gasteiger partial charge in [-0.1, -0.05) is 109 Å². The number of pyridine rings is 1. The van der Waals surface area contributed by atoms with Gasteiger partial charge in [0, 0.05) is 32.8 Å². The standard InChI is InChI=1S/C39H25N3/c1-2-14-27(15-3-1)41-35-22-9-7-18-32(35)38-36(41)25-24-31-30-17-6-8-21-34(30)42(39(31)38)37-23-11-20-33(40-37)29-19-10-13-26-12-4-5-16-28(26)29/h1-25H. The summed E-state index contributed by atoms with van der Waals surface area (Å²) in [7, 11) is 0. The summed E-state index contributed by atoms with van der Waals surface area (Å²) in [6, 6.07) is 54.0. The van der Waals surface area contributed by atoms with Gasteiger partial charge in [0.05, 0.1) is 27.8 Å². The molecule has 42 heavy (non-hydrogen) atoms. The van der Waals surface area contributed by atoms with Gasteiger partial charge in [-0.15, -0.1) is 0 Å². The third kappa shape index (κ3) is 3.25. The molecular formula is C39H25N3. The molecule has 0 aliphatic carbocycles. The average Bonchev–Trinajstić information content (AvgIpc) is 3.58. The van der Waals surface area contributed by atoms with E-state index in [9.17, 15) is 0 Å². The summed E-state index contributed by atoms with van der Waals surface area (Å²) in [5, 5.41) is 7.35.